The highest BCUT2D eigenvalue weighted by Crippen LogP contribution is 2.29. The third-order valence-corrected chi connectivity index (χ3v) is 6.71. The SMILES string of the molecule is Cc1nc(N(C)C(=O)CC2=CCC(c3ccccn3)C=C2)sc1[SH](=N)=O. The van der Waals surface area contributed by atoms with Crippen molar-refractivity contribution in [2.24, 2.45) is 0 Å². The molecule has 2 aromatic heterocycles. The van der Waals surface area contributed by atoms with Crippen molar-refractivity contribution in [3.63, 3.8) is 0 Å². The van der Waals surface area contributed by atoms with E-state index < -0.39 is 10.6 Å². The van der Waals surface area contributed by atoms with Gasteiger partial charge in [-0.15, -0.1) is 0 Å². The van der Waals surface area contributed by atoms with Gasteiger partial charge in [-0.25, -0.2) is 9.19 Å². The van der Waals surface area contributed by atoms with Crippen LogP contribution in [-0.4, -0.2) is 27.1 Å². The van der Waals surface area contributed by atoms with Gasteiger partial charge >= 0.3 is 0 Å². The van der Waals surface area contributed by atoms with Crippen molar-refractivity contribution in [1.29, 1.82) is 4.78 Å². The molecule has 1 aliphatic rings. The van der Waals surface area contributed by atoms with E-state index in [2.05, 4.69) is 22.1 Å². The molecular formula is C18H20N4O2S2. The number of aromatic nitrogens is 2. The van der Waals surface area contributed by atoms with Crippen molar-refractivity contribution in [3.05, 3.63) is 59.6 Å². The van der Waals surface area contributed by atoms with E-state index in [4.69, 9.17) is 4.78 Å². The standard InChI is InChI=1S/C18H20N4O2S2/c1-12-17(26(19)24)25-18(21-12)22(2)16(23)11-13-6-8-14(9-7-13)15-5-3-4-10-20-15/h3-8,10,14,19,26H,9,11H2,1-2H3. The molecule has 0 fully saturated rings. The minimum absolute atomic E-state index is 0.0855. The van der Waals surface area contributed by atoms with E-state index in [0.717, 1.165) is 29.0 Å². The molecule has 136 valence electrons. The van der Waals surface area contributed by atoms with Crippen molar-refractivity contribution in [3.8, 4) is 0 Å². The van der Waals surface area contributed by atoms with Crippen LogP contribution in [0.2, 0.25) is 0 Å². The van der Waals surface area contributed by atoms with Gasteiger partial charge in [-0.2, -0.15) is 0 Å². The summed E-state index contributed by atoms with van der Waals surface area (Å²) in [6.07, 6.45) is 9.03. The number of anilines is 1. The number of hydrogen-bond acceptors (Lipinski definition) is 6. The molecule has 1 N–H and O–H groups in total. The number of rotatable bonds is 5. The second kappa shape index (κ2) is 7.92. The summed E-state index contributed by atoms with van der Waals surface area (Å²) in [5.41, 5.74) is 2.54. The maximum atomic E-state index is 12.5. The zero-order valence-corrected chi connectivity index (χ0v) is 16.3. The van der Waals surface area contributed by atoms with Crippen LogP contribution in [0, 0.1) is 11.7 Å². The lowest BCUT2D eigenvalue weighted by atomic mass is 9.92. The molecule has 1 amide bonds. The molecule has 2 aromatic rings. The number of pyridine rings is 1. The predicted octanol–water partition coefficient (Wildman–Crippen LogP) is 3.47. The third-order valence-electron chi connectivity index (χ3n) is 4.21. The van der Waals surface area contributed by atoms with Crippen LogP contribution in [0.3, 0.4) is 0 Å². The summed E-state index contributed by atoms with van der Waals surface area (Å²) < 4.78 is 19.2. The lowest BCUT2D eigenvalue weighted by Crippen LogP contribution is -2.26. The fourth-order valence-corrected chi connectivity index (χ4v) is 4.42. The maximum Gasteiger partial charge on any atom is 0.232 e. The number of allylic oxidation sites excluding steroid dienone is 3. The Hall–Kier alpha value is -2.32. The molecule has 0 saturated carbocycles. The van der Waals surface area contributed by atoms with Crippen molar-refractivity contribution < 1.29 is 9.00 Å². The van der Waals surface area contributed by atoms with E-state index in [1.807, 2.05) is 24.3 Å². The molecule has 8 heteroatoms. The Balaban J connectivity index is 1.64. The monoisotopic (exact) mass is 388 g/mol. The van der Waals surface area contributed by atoms with E-state index in [1.54, 1.807) is 20.2 Å². The number of nitrogens with one attached hydrogen (secondary N) is 1. The summed E-state index contributed by atoms with van der Waals surface area (Å²) >= 11 is 1.14. The third kappa shape index (κ3) is 4.08. The van der Waals surface area contributed by atoms with Gasteiger partial charge < -0.3 is 0 Å². The van der Waals surface area contributed by atoms with Crippen molar-refractivity contribution in [1.82, 2.24) is 9.97 Å². The number of aryl methyl sites for hydroxylation is 1. The van der Waals surface area contributed by atoms with Gasteiger partial charge in [0.25, 0.3) is 0 Å². The van der Waals surface area contributed by atoms with Crippen molar-refractivity contribution >= 4 is 33.0 Å². The van der Waals surface area contributed by atoms with Crippen LogP contribution in [0.4, 0.5) is 5.13 Å². The van der Waals surface area contributed by atoms with Crippen LogP contribution in [0.15, 0.2) is 52.4 Å². The van der Waals surface area contributed by atoms with E-state index in [1.165, 1.54) is 4.90 Å². The first-order valence-corrected chi connectivity index (χ1v) is 10.2. The number of carbonyl (C=O) groups is 1. The molecule has 0 aromatic carbocycles. The number of nitrogens with zero attached hydrogens (tertiary/aromatic N) is 3. The van der Waals surface area contributed by atoms with Crippen LogP contribution in [-0.2, 0) is 15.4 Å². The summed E-state index contributed by atoms with van der Waals surface area (Å²) in [5, 5.41) is 0.477. The van der Waals surface area contributed by atoms with Gasteiger partial charge in [0.05, 0.1) is 22.7 Å². The second-order valence-corrected chi connectivity index (χ2v) is 8.36. The molecular weight excluding hydrogens is 368 g/mol. The van der Waals surface area contributed by atoms with Crippen molar-refractivity contribution in [2.75, 3.05) is 11.9 Å². The highest BCUT2D eigenvalue weighted by molar-refractivity contribution is 7.76. The van der Waals surface area contributed by atoms with Gasteiger partial charge in [0, 0.05) is 24.9 Å². The Morgan fingerprint density at radius 2 is 2.27 bits per heavy atom. The number of thiazole rings is 1. The smallest absolute Gasteiger partial charge is 0.232 e. The van der Waals surface area contributed by atoms with Crippen LogP contribution in [0.5, 0.6) is 0 Å². The summed E-state index contributed by atoms with van der Waals surface area (Å²) in [6, 6.07) is 5.88. The lowest BCUT2D eigenvalue weighted by Gasteiger charge is -2.18. The average molecular weight is 389 g/mol. The Labute approximate surface area is 158 Å². The molecule has 2 heterocycles. The number of amides is 1. The molecule has 2 atom stereocenters. The Kier molecular flexibility index (Phi) is 5.63. The van der Waals surface area contributed by atoms with Gasteiger partial charge in [-0.1, -0.05) is 35.6 Å². The molecule has 6 nitrogen and oxygen atoms in total. The largest absolute Gasteiger partial charge is 0.291 e. The summed E-state index contributed by atoms with van der Waals surface area (Å²) in [6.45, 7) is 1.71. The zero-order chi connectivity index (χ0) is 18.7. The van der Waals surface area contributed by atoms with Gasteiger partial charge in [0.2, 0.25) is 5.91 Å². The molecule has 26 heavy (non-hydrogen) atoms. The topological polar surface area (TPSA) is 87.0 Å². The minimum Gasteiger partial charge on any atom is -0.291 e. The molecule has 1 aliphatic carbocycles. The first kappa shape index (κ1) is 18.5. The quantitative estimate of drug-likeness (QED) is 0.768. The van der Waals surface area contributed by atoms with Gasteiger partial charge in [-0.05, 0) is 31.1 Å². The Morgan fingerprint density at radius 1 is 1.46 bits per heavy atom. The molecule has 2 unspecified atom stereocenters. The summed E-state index contributed by atoms with van der Waals surface area (Å²) in [7, 11) is -0.536. The van der Waals surface area contributed by atoms with Crippen LogP contribution in [0.25, 0.3) is 0 Å². The van der Waals surface area contributed by atoms with Gasteiger partial charge in [0.1, 0.15) is 4.21 Å². The summed E-state index contributed by atoms with van der Waals surface area (Å²) in [4.78, 5) is 22.7. The van der Waals surface area contributed by atoms with E-state index in [-0.39, 0.29) is 18.2 Å². The molecule has 0 bridgehead atoms. The van der Waals surface area contributed by atoms with E-state index >= 15 is 0 Å². The first-order valence-electron chi connectivity index (χ1n) is 8.16. The minimum atomic E-state index is -2.19. The maximum absolute atomic E-state index is 12.5. The van der Waals surface area contributed by atoms with E-state index in [9.17, 15) is 9.00 Å². The lowest BCUT2D eigenvalue weighted by molar-refractivity contribution is -0.117. The number of carbonyl (C=O) groups excluding carboxylic acids is 1. The Bertz CT molecular complexity index is 937. The highest BCUT2D eigenvalue weighted by atomic mass is 32.2. The fourth-order valence-electron chi connectivity index (χ4n) is 2.72. The first-order chi connectivity index (χ1) is 12.5. The van der Waals surface area contributed by atoms with Crippen LogP contribution in [0.1, 0.15) is 30.1 Å². The highest BCUT2D eigenvalue weighted by Gasteiger charge is 2.19. The van der Waals surface area contributed by atoms with Gasteiger partial charge in [0.15, 0.2) is 5.13 Å². The second-order valence-electron chi connectivity index (χ2n) is 6.05. The number of thiol groups is 1. The van der Waals surface area contributed by atoms with Crippen LogP contribution >= 0.6 is 11.3 Å². The van der Waals surface area contributed by atoms with Crippen molar-refractivity contribution in [2.45, 2.75) is 29.9 Å². The molecule has 0 saturated heterocycles. The molecule has 0 aliphatic heterocycles. The summed E-state index contributed by atoms with van der Waals surface area (Å²) in [5.74, 6) is 0.156. The molecule has 3 rings (SSSR count). The molecule has 0 radical (unpaired) electrons. The predicted molar refractivity (Wildman–Crippen MR) is 104 cm³/mol. The average Bonchev–Trinajstić information content (AvgIpc) is 3.04. The zero-order valence-electron chi connectivity index (χ0n) is 14.5. The normalized spacial score (nSPS) is 17.6. The van der Waals surface area contributed by atoms with E-state index in [0.29, 0.717) is 15.0 Å². The van der Waals surface area contributed by atoms with Crippen LogP contribution < -0.4 is 4.90 Å². The molecule has 0 spiro atoms. The fraction of sp³-hybridized carbons (Fsp3) is 0.278. The number of hydrogen-bond donors (Lipinski definition) is 2. The van der Waals surface area contributed by atoms with Gasteiger partial charge in [-0.3, -0.25) is 19.5 Å². The Morgan fingerprint density at radius 3 is 2.85 bits per heavy atom.